The third-order valence-corrected chi connectivity index (χ3v) is 5.92. The van der Waals surface area contributed by atoms with Gasteiger partial charge in [-0.25, -0.2) is 0 Å². The first kappa shape index (κ1) is 13.5. The predicted octanol–water partition coefficient (Wildman–Crippen LogP) is 5.47. The summed E-state index contributed by atoms with van der Waals surface area (Å²) in [5.74, 6) is 0. The molecule has 0 aliphatic heterocycles. The number of hydrogen-bond donors (Lipinski definition) is 0. The van der Waals surface area contributed by atoms with E-state index in [0.717, 1.165) is 26.5 Å². The third-order valence-electron chi connectivity index (χ3n) is 2.23. The average molecular weight is 397 g/mol. The van der Waals surface area contributed by atoms with Crippen molar-refractivity contribution in [1.82, 2.24) is 10.2 Å². The van der Waals surface area contributed by atoms with Crippen molar-refractivity contribution in [3.8, 4) is 10.6 Å². The fourth-order valence-corrected chi connectivity index (χ4v) is 3.05. The Morgan fingerprint density at radius 3 is 2.82 bits per heavy atom. The van der Waals surface area contributed by atoms with E-state index in [9.17, 15) is 0 Å². The maximum Gasteiger partial charge on any atom is 0.147 e. The molecule has 0 bridgehead atoms. The van der Waals surface area contributed by atoms with Crippen molar-refractivity contribution in [2.45, 2.75) is 18.2 Å². The van der Waals surface area contributed by atoms with Gasteiger partial charge in [-0.1, -0.05) is 51.9 Å². The van der Waals surface area contributed by atoms with Crippen LogP contribution >= 0.6 is 54.8 Å². The molecule has 0 aliphatic rings. The first-order chi connectivity index (χ1) is 8.11. The van der Waals surface area contributed by atoms with E-state index >= 15 is 0 Å². The van der Waals surface area contributed by atoms with Gasteiger partial charge in [0, 0.05) is 10.0 Å². The van der Waals surface area contributed by atoms with Crippen LogP contribution in [0.3, 0.4) is 0 Å². The van der Waals surface area contributed by atoms with Crippen molar-refractivity contribution in [3.05, 3.63) is 32.7 Å². The van der Waals surface area contributed by atoms with E-state index in [0.29, 0.717) is 5.02 Å². The van der Waals surface area contributed by atoms with Gasteiger partial charge >= 0.3 is 0 Å². The molecule has 1 atom stereocenters. The van der Waals surface area contributed by atoms with E-state index < -0.39 is 0 Å². The van der Waals surface area contributed by atoms with Crippen LogP contribution < -0.4 is 0 Å². The quantitative estimate of drug-likeness (QED) is 0.643. The summed E-state index contributed by atoms with van der Waals surface area (Å²) >= 11 is 14.5. The molecule has 0 fully saturated rings. The summed E-state index contributed by atoms with van der Waals surface area (Å²) in [4.78, 5) is 0.282. The molecule has 0 N–H and O–H groups in total. The highest BCUT2D eigenvalue weighted by Gasteiger charge is 2.13. The SMILES string of the molecule is CCC(Br)c1nnc(-c2ccc(Cl)c(Br)c2)s1. The molecule has 2 nitrogen and oxygen atoms in total. The molecule has 1 unspecified atom stereocenters. The Labute approximate surface area is 126 Å². The summed E-state index contributed by atoms with van der Waals surface area (Å²) in [5.41, 5.74) is 1.03. The molecular weight excluding hydrogens is 387 g/mol. The summed E-state index contributed by atoms with van der Waals surface area (Å²) in [5, 5.41) is 11.0. The van der Waals surface area contributed by atoms with E-state index in [2.05, 4.69) is 49.0 Å². The van der Waals surface area contributed by atoms with E-state index in [1.54, 1.807) is 11.3 Å². The largest absolute Gasteiger partial charge is 0.147 e. The van der Waals surface area contributed by atoms with Crippen LogP contribution in [-0.2, 0) is 0 Å². The zero-order valence-corrected chi connectivity index (χ0v) is 13.7. The summed E-state index contributed by atoms with van der Waals surface area (Å²) in [6, 6.07) is 5.77. The molecule has 0 aliphatic carbocycles. The highest BCUT2D eigenvalue weighted by molar-refractivity contribution is 9.10. The predicted molar refractivity (Wildman–Crippen MR) is 80.0 cm³/mol. The molecule has 0 radical (unpaired) electrons. The average Bonchev–Trinajstić information content (AvgIpc) is 2.81. The number of alkyl halides is 1. The molecule has 0 spiro atoms. The van der Waals surface area contributed by atoms with Gasteiger partial charge in [0.1, 0.15) is 10.0 Å². The molecule has 0 saturated carbocycles. The van der Waals surface area contributed by atoms with Crippen LogP contribution in [0.2, 0.25) is 5.02 Å². The first-order valence-corrected chi connectivity index (χ1v) is 7.95. The van der Waals surface area contributed by atoms with Gasteiger partial charge in [0.2, 0.25) is 0 Å². The van der Waals surface area contributed by atoms with Crippen molar-refractivity contribution in [2.75, 3.05) is 0 Å². The Bertz CT molecular complexity index is 530. The lowest BCUT2D eigenvalue weighted by molar-refractivity contribution is 0.870. The lowest BCUT2D eigenvalue weighted by atomic mass is 10.2. The van der Waals surface area contributed by atoms with Crippen LogP contribution in [0, 0.1) is 0 Å². The minimum absolute atomic E-state index is 0.282. The van der Waals surface area contributed by atoms with Gasteiger partial charge in [0.05, 0.1) is 9.85 Å². The number of aromatic nitrogens is 2. The lowest BCUT2D eigenvalue weighted by Gasteiger charge is -1.99. The Hall–Kier alpha value is 0.0300. The number of halogens is 3. The topological polar surface area (TPSA) is 25.8 Å². The molecule has 0 amide bonds. The second-order valence-electron chi connectivity index (χ2n) is 3.45. The van der Waals surface area contributed by atoms with Gasteiger partial charge in [-0.3, -0.25) is 0 Å². The fourth-order valence-electron chi connectivity index (χ4n) is 1.28. The van der Waals surface area contributed by atoms with Gasteiger partial charge in [-0.05, 0) is 34.5 Å². The summed E-state index contributed by atoms with van der Waals surface area (Å²) in [7, 11) is 0. The maximum absolute atomic E-state index is 5.96. The number of benzene rings is 1. The van der Waals surface area contributed by atoms with Gasteiger partial charge in [0.25, 0.3) is 0 Å². The number of hydrogen-bond acceptors (Lipinski definition) is 3. The van der Waals surface area contributed by atoms with Gasteiger partial charge in [-0.15, -0.1) is 10.2 Å². The van der Waals surface area contributed by atoms with Crippen molar-refractivity contribution in [2.24, 2.45) is 0 Å². The van der Waals surface area contributed by atoms with Crippen LogP contribution in [0.4, 0.5) is 0 Å². The van der Waals surface area contributed by atoms with E-state index in [1.807, 2.05) is 18.2 Å². The van der Waals surface area contributed by atoms with Gasteiger partial charge in [-0.2, -0.15) is 0 Å². The maximum atomic E-state index is 5.96. The lowest BCUT2D eigenvalue weighted by Crippen LogP contribution is -1.84. The number of rotatable bonds is 3. The smallest absolute Gasteiger partial charge is 0.142 e. The minimum atomic E-state index is 0.282. The second kappa shape index (κ2) is 5.78. The summed E-state index contributed by atoms with van der Waals surface area (Å²) in [6.07, 6.45) is 0.999. The van der Waals surface area contributed by atoms with E-state index in [1.165, 1.54) is 0 Å². The molecule has 6 heteroatoms. The molecule has 1 aromatic carbocycles. The van der Waals surface area contributed by atoms with E-state index in [-0.39, 0.29) is 4.83 Å². The molecule has 2 aromatic rings. The Balaban J connectivity index is 2.33. The highest BCUT2D eigenvalue weighted by atomic mass is 79.9. The fraction of sp³-hybridized carbons (Fsp3) is 0.273. The Morgan fingerprint density at radius 2 is 2.18 bits per heavy atom. The molecule has 0 saturated heterocycles. The molecular formula is C11H9Br2ClN2S. The molecule has 17 heavy (non-hydrogen) atoms. The first-order valence-electron chi connectivity index (χ1n) is 5.04. The normalized spacial score (nSPS) is 12.7. The zero-order valence-electron chi connectivity index (χ0n) is 8.95. The Kier molecular flexibility index (Phi) is 4.58. The summed E-state index contributed by atoms with van der Waals surface area (Å²) in [6.45, 7) is 2.11. The van der Waals surface area contributed by atoms with Crippen LogP contribution in [-0.4, -0.2) is 10.2 Å². The highest BCUT2D eigenvalue weighted by Crippen LogP contribution is 2.34. The van der Waals surface area contributed by atoms with E-state index in [4.69, 9.17) is 11.6 Å². The summed E-state index contributed by atoms with van der Waals surface area (Å²) < 4.78 is 0.874. The van der Waals surface area contributed by atoms with Crippen LogP contribution in [0.25, 0.3) is 10.6 Å². The van der Waals surface area contributed by atoms with Crippen molar-refractivity contribution < 1.29 is 0 Å². The molecule has 1 heterocycles. The molecule has 2 rings (SSSR count). The standard InChI is InChI=1S/C11H9Br2ClN2S/c1-2-7(12)11-16-15-10(17-11)6-3-4-9(14)8(13)5-6/h3-5,7H,2H2,1H3. The van der Waals surface area contributed by atoms with Crippen LogP contribution in [0.5, 0.6) is 0 Å². The van der Waals surface area contributed by atoms with Crippen molar-refractivity contribution >= 4 is 54.8 Å². The van der Waals surface area contributed by atoms with Crippen LogP contribution in [0.1, 0.15) is 23.2 Å². The third kappa shape index (κ3) is 3.08. The van der Waals surface area contributed by atoms with Gasteiger partial charge < -0.3 is 0 Å². The number of nitrogens with zero attached hydrogens (tertiary/aromatic N) is 2. The Morgan fingerprint density at radius 1 is 1.41 bits per heavy atom. The monoisotopic (exact) mass is 394 g/mol. The van der Waals surface area contributed by atoms with Crippen LogP contribution in [0.15, 0.2) is 22.7 Å². The second-order valence-corrected chi connectivity index (χ2v) is 6.83. The van der Waals surface area contributed by atoms with Gasteiger partial charge in [0.15, 0.2) is 0 Å². The molecule has 1 aromatic heterocycles. The zero-order chi connectivity index (χ0) is 12.4. The molecule has 90 valence electrons. The van der Waals surface area contributed by atoms with Crippen molar-refractivity contribution in [1.29, 1.82) is 0 Å². The van der Waals surface area contributed by atoms with Crippen molar-refractivity contribution in [3.63, 3.8) is 0 Å². The minimum Gasteiger partial charge on any atom is -0.142 e.